The quantitative estimate of drug-likeness (QED) is 0.531. The van der Waals surface area contributed by atoms with E-state index < -0.39 is 5.79 Å². The van der Waals surface area contributed by atoms with Gasteiger partial charge < -0.3 is 9.53 Å². The van der Waals surface area contributed by atoms with Crippen LogP contribution >= 0.6 is 0 Å². The van der Waals surface area contributed by atoms with Gasteiger partial charge in [0.25, 0.3) is 0 Å². The van der Waals surface area contributed by atoms with Gasteiger partial charge in [0.1, 0.15) is 10.5 Å². The Bertz CT molecular complexity index is 220. The summed E-state index contributed by atoms with van der Waals surface area (Å²) in [5.41, 5.74) is 0.112. The van der Waals surface area contributed by atoms with Crippen LogP contribution in [0.1, 0.15) is 47.5 Å². The highest BCUT2D eigenvalue weighted by Gasteiger charge is 2.56. The predicted octanol–water partition coefficient (Wildman–Crippen LogP) is 1.45. The number of hydrogen-bond acceptors (Lipinski definition) is 2. The van der Waals surface area contributed by atoms with E-state index in [0.717, 1.165) is 12.8 Å². The third-order valence-corrected chi connectivity index (χ3v) is 4.71. The molecule has 0 aromatic rings. The fourth-order valence-electron chi connectivity index (χ4n) is 3.18. The second kappa shape index (κ2) is 3.32. The monoisotopic (exact) mass is 216 g/mol. The minimum absolute atomic E-state index is 0.132. The Balaban J connectivity index is 2.98. The van der Waals surface area contributed by atoms with Gasteiger partial charge in [-0.05, 0) is 17.8 Å². The molecule has 1 N–H and O–H groups in total. The second-order valence-corrected chi connectivity index (χ2v) is 6.58. The van der Waals surface area contributed by atoms with Crippen LogP contribution in [-0.2, 0) is 4.43 Å². The Hall–Kier alpha value is 0.137. The van der Waals surface area contributed by atoms with E-state index in [2.05, 4.69) is 34.6 Å². The van der Waals surface area contributed by atoms with Gasteiger partial charge in [-0.2, -0.15) is 0 Å². The van der Waals surface area contributed by atoms with Crippen LogP contribution in [0.5, 0.6) is 0 Å². The summed E-state index contributed by atoms with van der Waals surface area (Å²) in [6.45, 7) is 11.0. The highest BCUT2D eigenvalue weighted by Crippen LogP contribution is 2.56. The van der Waals surface area contributed by atoms with Crippen LogP contribution in [0.3, 0.4) is 0 Å². The Kier molecular flexibility index (Phi) is 2.90. The summed E-state index contributed by atoms with van der Waals surface area (Å²) in [4.78, 5) is 0. The molecule has 2 unspecified atom stereocenters. The largest absolute Gasteiger partial charge is 0.401 e. The van der Waals surface area contributed by atoms with E-state index >= 15 is 0 Å². The number of aliphatic hydroxyl groups is 1. The van der Waals surface area contributed by atoms with Gasteiger partial charge in [-0.1, -0.05) is 34.6 Å². The molecule has 84 valence electrons. The van der Waals surface area contributed by atoms with Gasteiger partial charge in [-0.15, -0.1) is 0 Å². The van der Waals surface area contributed by atoms with Crippen molar-refractivity contribution in [3.05, 3.63) is 0 Å². The molecule has 0 amide bonds. The van der Waals surface area contributed by atoms with Gasteiger partial charge in [-0.3, -0.25) is 0 Å². The molecule has 1 fully saturated rings. The SMILES string of the molecule is CC(C)(C)C1CCC(O)(O[SiH3])C1(C)C. The maximum atomic E-state index is 10.4. The van der Waals surface area contributed by atoms with Crippen molar-refractivity contribution >= 4 is 10.5 Å². The molecule has 1 saturated carbocycles. The van der Waals surface area contributed by atoms with E-state index in [0.29, 0.717) is 16.4 Å². The lowest BCUT2D eigenvalue weighted by Gasteiger charge is -2.44. The zero-order valence-electron chi connectivity index (χ0n) is 10.3. The van der Waals surface area contributed by atoms with E-state index in [1.54, 1.807) is 0 Å². The van der Waals surface area contributed by atoms with Crippen molar-refractivity contribution in [3.8, 4) is 0 Å². The molecule has 2 nitrogen and oxygen atoms in total. The molecule has 14 heavy (non-hydrogen) atoms. The van der Waals surface area contributed by atoms with E-state index in [-0.39, 0.29) is 10.8 Å². The summed E-state index contributed by atoms with van der Waals surface area (Å²) in [5, 5.41) is 10.4. The topological polar surface area (TPSA) is 29.5 Å². The Morgan fingerprint density at radius 1 is 1.36 bits per heavy atom. The Morgan fingerprint density at radius 3 is 2.07 bits per heavy atom. The van der Waals surface area contributed by atoms with Crippen molar-refractivity contribution < 1.29 is 9.53 Å². The first-order chi connectivity index (χ1) is 6.15. The summed E-state index contributed by atoms with van der Waals surface area (Å²) in [6.07, 6.45) is 1.85. The second-order valence-electron chi connectivity index (χ2n) is 6.17. The molecule has 1 rings (SSSR count). The first-order valence-corrected chi connectivity index (χ1v) is 6.24. The summed E-state index contributed by atoms with van der Waals surface area (Å²) in [7, 11) is 0.605. The highest BCUT2D eigenvalue weighted by atomic mass is 28.2. The van der Waals surface area contributed by atoms with Gasteiger partial charge in [0.2, 0.25) is 0 Å². The van der Waals surface area contributed by atoms with Crippen LogP contribution in [0.15, 0.2) is 0 Å². The van der Waals surface area contributed by atoms with Crippen LogP contribution in [0.4, 0.5) is 0 Å². The Labute approximate surface area is 90.6 Å². The Morgan fingerprint density at radius 2 is 1.86 bits per heavy atom. The molecule has 0 saturated heterocycles. The molecule has 0 spiro atoms. The van der Waals surface area contributed by atoms with Crippen molar-refractivity contribution in [3.63, 3.8) is 0 Å². The zero-order valence-corrected chi connectivity index (χ0v) is 12.3. The van der Waals surface area contributed by atoms with Gasteiger partial charge >= 0.3 is 0 Å². The van der Waals surface area contributed by atoms with Crippen molar-refractivity contribution in [2.24, 2.45) is 16.7 Å². The predicted molar refractivity (Wildman–Crippen MR) is 61.9 cm³/mol. The van der Waals surface area contributed by atoms with Crippen molar-refractivity contribution in [2.45, 2.75) is 53.2 Å². The third kappa shape index (κ3) is 1.66. The third-order valence-electron chi connectivity index (χ3n) is 4.03. The molecule has 1 aliphatic carbocycles. The molecular formula is C11H24O2Si. The van der Waals surface area contributed by atoms with Crippen LogP contribution in [0, 0.1) is 16.7 Å². The molecule has 2 atom stereocenters. The van der Waals surface area contributed by atoms with Crippen LogP contribution < -0.4 is 0 Å². The molecule has 0 aromatic heterocycles. The summed E-state index contributed by atoms with van der Waals surface area (Å²) >= 11 is 0. The van der Waals surface area contributed by atoms with E-state index in [9.17, 15) is 5.11 Å². The maximum absolute atomic E-state index is 10.4. The summed E-state index contributed by atoms with van der Waals surface area (Å²) < 4.78 is 5.43. The normalized spacial score (nSPS) is 37.7. The lowest BCUT2D eigenvalue weighted by atomic mass is 9.66. The molecule has 0 bridgehead atoms. The molecule has 1 aliphatic rings. The standard InChI is InChI=1S/C11H24O2Si/c1-9(2,3)8-6-7-11(12,13-14)10(8,4)5/h8,12H,6-7H2,1-5,14H3. The van der Waals surface area contributed by atoms with Crippen LogP contribution in [0.25, 0.3) is 0 Å². The molecule has 0 radical (unpaired) electrons. The van der Waals surface area contributed by atoms with Gasteiger partial charge in [-0.25, -0.2) is 0 Å². The average molecular weight is 216 g/mol. The zero-order chi connectivity index (χ0) is 11.2. The number of rotatable bonds is 1. The smallest absolute Gasteiger partial charge is 0.160 e. The maximum Gasteiger partial charge on any atom is 0.160 e. The summed E-state index contributed by atoms with van der Waals surface area (Å²) in [6, 6.07) is 0. The fourth-order valence-corrected chi connectivity index (χ4v) is 3.91. The van der Waals surface area contributed by atoms with Crippen LogP contribution in [-0.4, -0.2) is 21.4 Å². The fraction of sp³-hybridized carbons (Fsp3) is 1.00. The van der Waals surface area contributed by atoms with Crippen molar-refractivity contribution in [2.75, 3.05) is 0 Å². The minimum Gasteiger partial charge on any atom is -0.401 e. The average Bonchev–Trinajstić information content (AvgIpc) is 2.23. The van der Waals surface area contributed by atoms with Gasteiger partial charge in [0.05, 0.1) is 0 Å². The first kappa shape index (κ1) is 12.2. The van der Waals surface area contributed by atoms with E-state index in [1.807, 2.05) is 0 Å². The molecular weight excluding hydrogens is 192 g/mol. The van der Waals surface area contributed by atoms with Gasteiger partial charge in [0.15, 0.2) is 5.79 Å². The molecule has 0 heterocycles. The summed E-state index contributed by atoms with van der Waals surface area (Å²) in [5.74, 6) is -0.356. The molecule has 3 heteroatoms. The van der Waals surface area contributed by atoms with Crippen molar-refractivity contribution in [1.82, 2.24) is 0 Å². The lowest BCUT2D eigenvalue weighted by Crippen LogP contribution is -2.47. The van der Waals surface area contributed by atoms with E-state index in [1.165, 1.54) is 0 Å². The van der Waals surface area contributed by atoms with E-state index in [4.69, 9.17) is 4.43 Å². The minimum atomic E-state index is -0.878. The van der Waals surface area contributed by atoms with Crippen molar-refractivity contribution in [1.29, 1.82) is 0 Å². The van der Waals surface area contributed by atoms with Gasteiger partial charge in [0, 0.05) is 11.8 Å². The highest BCUT2D eigenvalue weighted by molar-refractivity contribution is 5.98. The van der Waals surface area contributed by atoms with Crippen LogP contribution in [0.2, 0.25) is 0 Å². The first-order valence-electron chi connectivity index (χ1n) is 5.43. The molecule has 0 aliphatic heterocycles. The number of hydrogen-bond donors (Lipinski definition) is 1. The molecule has 0 aromatic carbocycles. The lowest BCUT2D eigenvalue weighted by molar-refractivity contribution is -0.207.